The maximum atomic E-state index is 12.7. The lowest BCUT2D eigenvalue weighted by Crippen LogP contribution is -2.36. The van der Waals surface area contributed by atoms with Gasteiger partial charge >= 0.3 is 0 Å². The summed E-state index contributed by atoms with van der Waals surface area (Å²) < 4.78 is 10.4. The second-order valence-electron chi connectivity index (χ2n) is 6.28. The molecule has 0 atom stereocenters. The fourth-order valence-electron chi connectivity index (χ4n) is 2.75. The number of thioether (sulfide) groups is 1. The van der Waals surface area contributed by atoms with E-state index in [1.165, 1.54) is 14.2 Å². The number of nitrogens with one attached hydrogen (secondary N) is 1. The van der Waals surface area contributed by atoms with Crippen LogP contribution in [0.15, 0.2) is 47.4 Å². The lowest BCUT2D eigenvalue weighted by molar-refractivity contribution is -0.127. The molecule has 3 rings (SSSR count). The van der Waals surface area contributed by atoms with Gasteiger partial charge in [0.05, 0.1) is 19.1 Å². The van der Waals surface area contributed by atoms with Gasteiger partial charge in [-0.15, -0.1) is 0 Å². The third kappa shape index (κ3) is 4.78. The van der Waals surface area contributed by atoms with Gasteiger partial charge in [0.1, 0.15) is 18.0 Å². The summed E-state index contributed by atoms with van der Waals surface area (Å²) in [4.78, 5) is 38.4. The molecule has 8 heteroatoms. The van der Waals surface area contributed by atoms with Crippen molar-refractivity contribution in [1.29, 1.82) is 0 Å². The number of carbonyl (C=O) groups excluding carboxylic acids is 3. The van der Waals surface area contributed by atoms with Crippen LogP contribution >= 0.6 is 11.8 Å². The van der Waals surface area contributed by atoms with Gasteiger partial charge in [-0.25, -0.2) is 0 Å². The Morgan fingerprint density at radius 2 is 1.76 bits per heavy atom. The smallest absolute Gasteiger partial charge is 0.294 e. The van der Waals surface area contributed by atoms with E-state index in [-0.39, 0.29) is 11.4 Å². The van der Waals surface area contributed by atoms with E-state index in [1.807, 2.05) is 19.1 Å². The minimum absolute atomic E-state index is 0.231. The van der Waals surface area contributed by atoms with Crippen LogP contribution in [0.3, 0.4) is 0 Å². The standard InChI is InChI=1S/C21H20N2O5S/c1-13-6-4-5-7-17(13)22-19(24)12-23-20(25)18(29-21(23)26)10-14-8-15(27-2)11-16(9-14)28-3/h4-11H,12H2,1-3H3,(H,22,24)/b18-10+. The summed E-state index contributed by atoms with van der Waals surface area (Å²) >= 11 is 0.792. The largest absolute Gasteiger partial charge is 0.497 e. The minimum Gasteiger partial charge on any atom is -0.497 e. The third-order valence-electron chi connectivity index (χ3n) is 4.27. The van der Waals surface area contributed by atoms with E-state index in [4.69, 9.17) is 9.47 Å². The van der Waals surface area contributed by atoms with Crippen molar-refractivity contribution < 1.29 is 23.9 Å². The van der Waals surface area contributed by atoms with E-state index >= 15 is 0 Å². The van der Waals surface area contributed by atoms with Gasteiger partial charge in [-0.2, -0.15) is 0 Å². The molecule has 2 aromatic rings. The number of rotatable bonds is 6. The van der Waals surface area contributed by atoms with Gasteiger partial charge in [-0.3, -0.25) is 19.3 Å². The predicted octanol–water partition coefficient (Wildman–Crippen LogP) is 3.69. The summed E-state index contributed by atoms with van der Waals surface area (Å²) in [5.41, 5.74) is 2.18. The molecule has 150 valence electrons. The topological polar surface area (TPSA) is 84.9 Å². The average molecular weight is 412 g/mol. The zero-order valence-corrected chi connectivity index (χ0v) is 17.0. The number of imide groups is 1. The summed E-state index contributed by atoms with van der Waals surface area (Å²) in [6, 6.07) is 12.4. The highest BCUT2D eigenvalue weighted by molar-refractivity contribution is 8.18. The summed E-state index contributed by atoms with van der Waals surface area (Å²) in [6.07, 6.45) is 1.58. The Hall–Kier alpha value is -3.26. The first-order valence-electron chi connectivity index (χ1n) is 8.75. The van der Waals surface area contributed by atoms with Crippen molar-refractivity contribution in [3.63, 3.8) is 0 Å². The van der Waals surface area contributed by atoms with Gasteiger partial charge in [0.25, 0.3) is 11.1 Å². The number of hydrogen-bond donors (Lipinski definition) is 1. The quantitative estimate of drug-likeness (QED) is 0.729. The fourth-order valence-corrected chi connectivity index (χ4v) is 3.59. The molecule has 0 bridgehead atoms. The number of hydrogen-bond acceptors (Lipinski definition) is 6. The zero-order chi connectivity index (χ0) is 21.0. The molecule has 1 aliphatic heterocycles. The molecule has 0 aliphatic carbocycles. The van der Waals surface area contributed by atoms with Crippen molar-refractivity contribution in [1.82, 2.24) is 4.90 Å². The average Bonchev–Trinajstić information content (AvgIpc) is 2.96. The Kier molecular flexibility index (Phi) is 6.23. The number of methoxy groups -OCH3 is 2. The molecule has 0 spiro atoms. The Balaban J connectivity index is 1.75. The van der Waals surface area contributed by atoms with Crippen LogP contribution in [0.25, 0.3) is 6.08 Å². The lowest BCUT2D eigenvalue weighted by atomic mass is 10.2. The third-order valence-corrected chi connectivity index (χ3v) is 5.17. The maximum absolute atomic E-state index is 12.7. The normalized spacial score (nSPS) is 15.0. The lowest BCUT2D eigenvalue weighted by Gasteiger charge is -2.13. The SMILES string of the molecule is COc1cc(/C=C2/SC(=O)N(CC(=O)Nc3ccccc3C)C2=O)cc(OC)c1. The number of anilines is 1. The summed E-state index contributed by atoms with van der Waals surface area (Å²) in [5, 5.41) is 2.24. The monoisotopic (exact) mass is 412 g/mol. The van der Waals surface area contributed by atoms with Crippen LogP contribution < -0.4 is 14.8 Å². The zero-order valence-electron chi connectivity index (χ0n) is 16.2. The van der Waals surface area contributed by atoms with E-state index in [0.717, 1.165) is 22.2 Å². The number of para-hydroxylation sites is 1. The highest BCUT2D eigenvalue weighted by Gasteiger charge is 2.36. The first-order chi connectivity index (χ1) is 13.9. The van der Waals surface area contributed by atoms with Crippen molar-refractivity contribution in [2.24, 2.45) is 0 Å². The molecular formula is C21H20N2O5S. The fraction of sp³-hybridized carbons (Fsp3) is 0.190. The van der Waals surface area contributed by atoms with E-state index in [2.05, 4.69) is 5.32 Å². The van der Waals surface area contributed by atoms with Crippen LogP contribution in [-0.4, -0.2) is 42.7 Å². The Labute approximate surface area is 172 Å². The van der Waals surface area contributed by atoms with Crippen molar-refractivity contribution in [2.45, 2.75) is 6.92 Å². The van der Waals surface area contributed by atoms with Crippen LogP contribution in [0.2, 0.25) is 0 Å². The minimum atomic E-state index is -0.512. The number of aryl methyl sites for hydroxylation is 1. The van der Waals surface area contributed by atoms with Crippen LogP contribution in [0.4, 0.5) is 10.5 Å². The van der Waals surface area contributed by atoms with Gasteiger partial charge in [-0.1, -0.05) is 18.2 Å². The van der Waals surface area contributed by atoms with Crippen LogP contribution in [0.1, 0.15) is 11.1 Å². The van der Waals surface area contributed by atoms with Crippen molar-refractivity contribution in [2.75, 3.05) is 26.1 Å². The number of carbonyl (C=O) groups is 3. The summed E-state index contributed by atoms with van der Waals surface area (Å²) in [7, 11) is 3.05. The van der Waals surface area contributed by atoms with E-state index in [1.54, 1.807) is 36.4 Å². The van der Waals surface area contributed by atoms with Crippen molar-refractivity contribution in [3.05, 3.63) is 58.5 Å². The van der Waals surface area contributed by atoms with E-state index < -0.39 is 17.1 Å². The molecule has 0 radical (unpaired) electrons. The Morgan fingerprint density at radius 1 is 1.10 bits per heavy atom. The molecule has 0 saturated carbocycles. The Bertz CT molecular complexity index is 980. The van der Waals surface area contributed by atoms with E-state index in [9.17, 15) is 14.4 Å². The summed E-state index contributed by atoms with van der Waals surface area (Å²) in [5.74, 6) is 0.174. The molecule has 7 nitrogen and oxygen atoms in total. The molecule has 1 saturated heterocycles. The molecular weight excluding hydrogens is 392 g/mol. The molecule has 1 fully saturated rings. The number of amides is 3. The Morgan fingerprint density at radius 3 is 2.38 bits per heavy atom. The van der Waals surface area contributed by atoms with Crippen molar-refractivity contribution >= 4 is 40.6 Å². The second kappa shape index (κ2) is 8.83. The maximum Gasteiger partial charge on any atom is 0.294 e. The molecule has 1 aliphatic rings. The van der Waals surface area contributed by atoms with Gasteiger partial charge < -0.3 is 14.8 Å². The molecule has 29 heavy (non-hydrogen) atoms. The highest BCUT2D eigenvalue weighted by atomic mass is 32.2. The first-order valence-corrected chi connectivity index (χ1v) is 9.57. The van der Waals surface area contributed by atoms with Crippen molar-refractivity contribution in [3.8, 4) is 11.5 Å². The first kappa shape index (κ1) is 20.5. The second-order valence-corrected chi connectivity index (χ2v) is 7.27. The molecule has 1 heterocycles. The van der Waals surface area contributed by atoms with Crippen LogP contribution in [-0.2, 0) is 9.59 Å². The van der Waals surface area contributed by atoms with Gasteiger partial charge in [0.15, 0.2) is 0 Å². The van der Waals surface area contributed by atoms with Gasteiger partial charge in [-0.05, 0) is 54.1 Å². The predicted molar refractivity (Wildman–Crippen MR) is 112 cm³/mol. The molecule has 0 unspecified atom stereocenters. The van der Waals surface area contributed by atoms with E-state index in [0.29, 0.717) is 22.7 Å². The van der Waals surface area contributed by atoms with Crippen LogP contribution in [0.5, 0.6) is 11.5 Å². The molecule has 0 aromatic heterocycles. The van der Waals surface area contributed by atoms with Gasteiger partial charge in [0.2, 0.25) is 5.91 Å². The molecule has 2 aromatic carbocycles. The number of benzene rings is 2. The molecule has 3 amide bonds. The van der Waals surface area contributed by atoms with Crippen LogP contribution in [0, 0.1) is 6.92 Å². The number of ether oxygens (including phenoxy) is 2. The van der Waals surface area contributed by atoms with Gasteiger partial charge in [0, 0.05) is 11.8 Å². The highest BCUT2D eigenvalue weighted by Crippen LogP contribution is 2.33. The summed E-state index contributed by atoms with van der Waals surface area (Å²) in [6.45, 7) is 1.51. The number of nitrogens with zero attached hydrogens (tertiary/aromatic N) is 1. The molecule has 1 N–H and O–H groups in total.